The molecular weight excluding hydrogens is 222 g/mol. The number of aliphatic carboxylic acids is 1. The molecule has 0 amide bonds. The van der Waals surface area contributed by atoms with Gasteiger partial charge in [-0.15, -0.1) is 0 Å². The Morgan fingerprint density at radius 1 is 1.24 bits per heavy atom. The van der Waals surface area contributed by atoms with E-state index in [-0.39, 0.29) is 18.6 Å². The number of aliphatic imine (C=N–C) groups is 1. The van der Waals surface area contributed by atoms with Gasteiger partial charge < -0.3 is 9.84 Å². The number of ether oxygens (including phenoxy) is 1. The fourth-order valence-corrected chi connectivity index (χ4v) is 1.21. The third-order valence-corrected chi connectivity index (χ3v) is 2.02. The number of para-hydroxylation sites is 1. The van der Waals surface area contributed by atoms with Crippen LogP contribution in [0.25, 0.3) is 0 Å². The second-order valence-electron chi connectivity index (χ2n) is 3.28. The van der Waals surface area contributed by atoms with Gasteiger partial charge in [0, 0.05) is 6.42 Å². The third kappa shape index (κ3) is 4.46. The van der Waals surface area contributed by atoms with Gasteiger partial charge in [-0.3, -0.25) is 4.79 Å². The number of carbonyl (C=O) groups is 2. The van der Waals surface area contributed by atoms with E-state index in [2.05, 4.69) is 9.73 Å². The Labute approximate surface area is 98.7 Å². The van der Waals surface area contributed by atoms with Crippen LogP contribution >= 0.6 is 0 Å². The Kier molecular flexibility index (Phi) is 4.87. The first kappa shape index (κ1) is 12.9. The first-order chi connectivity index (χ1) is 8.13. The molecule has 0 aliphatic carbocycles. The summed E-state index contributed by atoms with van der Waals surface area (Å²) in [6, 6.07) is 8.84. The number of esters is 1. The molecule has 0 saturated carbocycles. The molecule has 1 aromatic rings. The SMILES string of the molecule is COC(=O)C(CCC(=O)O)=Nc1ccccc1. The number of carboxylic acid groups (broad SMARTS) is 1. The summed E-state index contributed by atoms with van der Waals surface area (Å²) >= 11 is 0. The number of methoxy groups -OCH3 is 1. The maximum Gasteiger partial charge on any atom is 0.352 e. The molecule has 0 bridgehead atoms. The van der Waals surface area contributed by atoms with E-state index >= 15 is 0 Å². The number of carboxylic acids is 1. The van der Waals surface area contributed by atoms with Crippen LogP contribution in [0.2, 0.25) is 0 Å². The summed E-state index contributed by atoms with van der Waals surface area (Å²) in [5, 5.41) is 8.58. The minimum absolute atomic E-state index is 0.0525. The predicted octanol–water partition coefficient (Wildman–Crippen LogP) is 1.80. The molecule has 1 aromatic carbocycles. The topological polar surface area (TPSA) is 76.0 Å². The van der Waals surface area contributed by atoms with Crippen molar-refractivity contribution in [3.05, 3.63) is 30.3 Å². The minimum atomic E-state index is -0.977. The van der Waals surface area contributed by atoms with Crippen molar-refractivity contribution in [2.24, 2.45) is 4.99 Å². The number of carbonyl (C=O) groups excluding carboxylic acids is 1. The number of hydrogen-bond acceptors (Lipinski definition) is 4. The zero-order chi connectivity index (χ0) is 12.7. The van der Waals surface area contributed by atoms with Crippen LogP contribution < -0.4 is 0 Å². The van der Waals surface area contributed by atoms with Gasteiger partial charge in [0.15, 0.2) is 0 Å². The van der Waals surface area contributed by atoms with E-state index < -0.39 is 11.9 Å². The summed E-state index contributed by atoms with van der Waals surface area (Å²) in [7, 11) is 1.24. The van der Waals surface area contributed by atoms with E-state index in [1.807, 2.05) is 6.07 Å². The fourth-order valence-electron chi connectivity index (χ4n) is 1.21. The molecule has 90 valence electrons. The highest BCUT2D eigenvalue weighted by Crippen LogP contribution is 2.12. The third-order valence-electron chi connectivity index (χ3n) is 2.02. The van der Waals surface area contributed by atoms with E-state index in [0.29, 0.717) is 5.69 Å². The lowest BCUT2D eigenvalue weighted by Gasteiger charge is -2.03. The van der Waals surface area contributed by atoms with Gasteiger partial charge in [0.1, 0.15) is 5.71 Å². The molecule has 1 N–H and O–H groups in total. The van der Waals surface area contributed by atoms with Crippen LogP contribution in [0.3, 0.4) is 0 Å². The first-order valence-electron chi connectivity index (χ1n) is 5.06. The number of benzene rings is 1. The fraction of sp³-hybridized carbons (Fsp3) is 0.250. The van der Waals surface area contributed by atoms with Gasteiger partial charge in [0.05, 0.1) is 19.2 Å². The van der Waals surface area contributed by atoms with Crippen molar-refractivity contribution in [2.75, 3.05) is 7.11 Å². The summed E-state index contributed by atoms with van der Waals surface area (Å²) in [4.78, 5) is 25.9. The molecule has 0 heterocycles. The lowest BCUT2D eigenvalue weighted by Crippen LogP contribution is -2.17. The molecule has 0 fully saturated rings. The van der Waals surface area contributed by atoms with Crippen LogP contribution in [0, 0.1) is 0 Å². The molecule has 0 unspecified atom stereocenters. The largest absolute Gasteiger partial charge is 0.481 e. The lowest BCUT2D eigenvalue weighted by atomic mass is 10.2. The highest BCUT2D eigenvalue weighted by Gasteiger charge is 2.13. The molecule has 17 heavy (non-hydrogen) atoms. The molecule has 0 aliphatic heterocycles. The zero-order valence-corrected chi connectivity index (χ0v) is 9.42. The van der Waals surface area contributed by atoms with Crippen molar-refractivity contribution in [1.29, 1.82) is 0 Å². The predicted molar refractivity (Wildman–Crippen MR) is 62.4 cm³/mol. The standard InChI is InChI=1S/C12H13NO4/c1-17-12(16)10(7-8-11(14)15)13-9-5-3-2-4-6-9/h2-6H,7-8H2,1H3,(H,14,15). The normalized spacial score (nSPS) is 11.0. The number of nitrogens with zero attached hydrogens (tertiary/aromatic N) is 1. The van der Waals surface area contributed by atoms with Crippen molar-refractivity contribution < 1.29 is 19.4 Å². The molecule has 1 rings (SSSR count). The van der Waals surface area contributed by atoms with Crippen LogP contribution in [0.15, 0.2) is 35.3 Å². The smallest absolute Gasteiger partial charge is 0.352 e. The molecule has 0 saturated heterocycles. The average molecular weight is 235 g/mol. The van der Waals surface area contributed by atoms with Crippen molar-refractivity contribution in [3.63, 3.8) is 0 Å². The quantitative estimate of drug-likeness (QED) is 0.623. The molecule has 0 aromatic heterocycles. The Morgan fingerprint density at radius 2 is 1.88 bits per heavy atom. The van der Waals surface area contributed by atoms with Crippen LogP contribution in [-0.2, 0) is 14.3 Å². The van der Waals surface area contributed by atoms with Crippen molar-refractivity contribution in [1.82, 2.24) is 0 Å². The monoisotopic (exact) mass is 235 g/mol. The Bertz CT molecular complexity index is 425. The summed E-state index contributed by atoms with van der Waals surface area (Å²) in [5.74, 6) is -1.58. The summed E-state index contributed by atoms with van der Waals surface area (Å²) in [6.45, 7) is 0. The van der Waals surface area contributed by atoms with E-state index in [0.717, 1.165) is 0 Å². The van der Waals surface area contributed by atoms with E-state index in [1.165, 1.54) is 7.11 Å². The van der Waals surface area contributed by atoms with Crippen LogP contribution in [-0.4, -0.2) is 29.9 Å². The van der Waals surface area contributed by atoms with Gasteiger partial charge in [-0.2, -0.15) is 0 Å². The van der Waals surface area contributed by atoms with Gasteiger partial charge in [0.25, 0.3) is 0 Å². The second-order valence-corrected chi connectivity index (χ2v) is 3.28. The van der Waals surface area contributed by atoms with Gasteiger partial charge >= 0.3 is 11.9 Å². The van der Waals surface area contributed by atoms with Gasteiger partial charge in [-0.25, -0.2) is 9.79 Å². The van der Waals surface area contributed by atoms with Crippen LogP contribution in [0.1, 0.15) is 12.8 Å². The average Bonchev–Trinajstić information content (AvgIpc) is 2.34. The molecule has 0 spiro atoms. The van der Waals surface area contributed by atoms with Crippen LogP contribution in [0.4, 0.5) is 5.69 Å². The van der Waals surface area contributed by atoms with E-state index in [9.17, 15) is 9.59 Å². The van der Waals surface area contributed by atoms with Crippen LogP contribution in [0.5, 0.6) is 0 Å². The minimum Gasteiger partial charge on any atom is -0.481 e. The molecule has 0 aliphatic rings. The molecule has 5 heteroatoms. The van der Waals surface area contributed by atoms with Crippen molar-refractivity contribution in [2.45, 2.75) is 12.8 Å². The van der Waals surface area contributed by atoms with E-state index in [1.54, 1.807) is 24.3 Å². The van der Waals surface area contributed by atoms with Crippen molar-refractivity contribution in [3.8, 4) is 0 Å². The highest BCUT2D eigenvalue weighted by atomic mass is 16.5. The molecule has 0 atom stereocenters. The van der Waals surface area contributed by atoms with Gasteiger partial charge in [0.2, 0.25) is 0 Å². The highest BCUT2D eigenvalue weighted by molar-refractivity contribution is 6.37. The Balaban J connectivity index is 2.86. The number of rotatable bonds is 5. The zero-order valence-electron chi connectivity index (χ0n) is 9.42. The lowest BCUT2D eigenvalue weighted by molar-refractivity contribution is -0.136. The van der Waals surface area contributed by atoms with Gasteiger partial charge in [-0.1, -0.05) is 18.2 Å². The first-order valence-corrected chi connectivity index (χ1v) is 5.06. The van der Waals surface area contributed by atoms with Gasteiger partial charge in [-0.05, 0) is 12.1 Å². The second kappa shape index (κ2) is 6.42. The molecule has 0 radical (unpaired) electrons. The Hall–Kier alpha value is -2.17. The summed E-state index contributed by atoms with van der Waals surface area (Å²) < 4.78 is 4.55. The summed E-state index contributed by atoms with van der Waals surface area (Å²) in [6.07, 6.45) is -0.0995. The van der Waals surface area contributed by atoms with E-state index in [4.69, 9.17) is 5.11 Å². The maximum absolute atomic E-state index is 11.4. The summed E-state index contributed by atoms with van der Waals surface area (Å²) in [5.41, 5.74) is 0.708. The maximum atomic E-state index is 11.4. The molecular formula is C12H13NO4. The number of hydrogen-bond donors (Lipinski definition) is 1. The Morgan fingerprint density at radius 3 is 2.41 bits per heavy atom. The molecule has 5 nitrogen and oxygen atoms in total. The van der Waals surface area contributed by atoms with Crippen molar-refractivity contribution >= 4 is 23.3 Å².